The van der Waals surface area contributed by atoms with E-state index in [1.807, 2.05) is 17.0 Å². The molecular formula is C21H32N2O3. The molecule has 0 N–H and O–H groups in total. The van der Waals surface area contributed by atoms with Crippen LogP contribution >= 0.6 is 0 Å². The molecule has 0 aliphatic carbocycles. The van der Waals surface area contributed by atoms with Gasteiger partial charge in [0.15, 0.2) is 5.78 Å². The van der Waals surface area contributed by atoms with E-state index in [1.165, 1.54) is 6.42 Å². The van der Waals surface area contributed by atoms with Crippen LogP contribution in [-0.2, 0) is 4.79 Å². The summed E-state index contributed by atoms with van der Waals surface area (Å²) in [5, 5.41) is 0. The van der Waals surface area contributed by atoms with Crippen molar-refractivity contribution in [3.8, 4) is 5.75 Å². The van der Waals surface area contributed by atoms with E-state index in [4.69, 9.17) is 4.74 Å². The zero-order valence-corrected chi connectivity index (χ0v) is 16.2. The van der Waals surface area contributed by atoms with Crippen molar-refractivity contribution in [3.05, 3.63) is 29.8 Å². The van der Waals surface area contributed by atoms with Crippen LogP contribution in [0.25, 0.3) is 0 Å². The zero-order chi connectivity index (χ0) is 18.8. The molecule has 1 amide bonds. The standard InChI is InChI=1S/C21H32N2O3/c1-3-4-5-17-26-19-9-7-18(8-10-19)20(24)11-12-21(25)23-14-6-13-22(2)15-16-23/h7-10H,3-6,11-17H2,1-2H3. The van der Waals surface area contributed by atoms with E-state index in [9.17, 15) is 9.59 Å². The number of Topliss-reactive ketones (excluding diaryl/α,β-unsaturated/α-hetero) is 1. The molecule has 0 spiro atoms. The van der Waals surface area contributed by atoms with Crippen molar-refractivity contribution in [1.82, 2.24) is 9.80 Å². The average molecular weight is 360 g/mol. The van der Waals surface area contributed by atoms with Crippen LogP contribution in [0.5, 0.6) is 5.75 Å². The third-order valence-electron chi connectivity index (χ3n) is 4.83. The molecule has 1 aromatic carbocycles. The summed E-state index contributed by atoms with van der Waals surface area (Å²) in [6, 6.07) is 7.27. The fourth-order valence-corrected chi connectivity index (χ4v) is 3.10. The van der Waals surface area contributed by atoms with Crippen LogP contribution in [0.3, 0.4) is 0 Å². The Bertz CT molecular complexity index is 571. The van der Waals surface area contributed by atoms with Crippen LogP contribution in [-0.4, -0.2) is 61.3 Å². The Morgan fingerprint density at radius 2 is 1.77 bits per heavy atom. The van der Waals surface area contributed by atoms with Crippen molar-refractivity contribution in [1.29, 1.82) is 0 Å². The van der Waals surface area contributed by atoms with Gasteiger partial charge in [0.25, 0.3) is 0 Å². The Balaban J connectivity index is 1.75. The van der Waals surface area contributed by atoms with Gasteiger partial charge in [-0.1, -0.05) is 19.8 Å². The first-order valence-corrected chi connectivity index (χ1v) is 9.82. The molecule has 5 nitrogen and oxygen atoms in total. The largest absolute Gasteiger partial charge is 0.494 e. The lowest BCUT2D eigenvalue weighted by atomic mass is 10.1. The predicted molar refractivity (Wildman–Crippen MR) is 104 cm³/mol. The number of rotatable bonds is 9. The zero-order valence-electron chi connectivity index (χ0n) is 16.2. The number of carbonyl (C=O) groups excluding carboxylic acids is 2. The van der Waals surface area contributed by atoms with Gasteiger partial charge in [-0.2, -0.15) is 0 Å². The fourth-order valence-electron chi connectivity index (χ4n) is 3.10. The van der Waals surface area contributed by atoms with Gasteiger partial charge < -0.3 is 14.5 Å². The molecular weight excluding hydrogens is 328 g/mol. The Labute approximate surface area is 157 Å². The summed E-state index contributed by atoms with van der Waals surface area (Å²) >= 11 is 0. The third-order valence-corrected chi connectivity index (χ3v) is 4.83. The number of likely N-dealkylation sites (N-methyl/N-ethyl adjacent to an activating group) is 1. The molecule has 26 heavy (non-hydrogen) atoms. The Morgan fingerprint density at radius 1 is 1.00 bits per heavy atom. The highest BCUT2D eigenvalue weighted by atomic mass is 16.5. The second kappa shape index (κ2) is 11.0. The normalized spacial score (nSPS) is 15.5. The molecule has 1 saturated heterocycles. The minimum absolute atomic E-state index is 0.0165. The van der Waals surface area contributed by atoms with Crippen molar-refractivity contribution in [2.24, 2.45) is 0 Å². The van der Waals surface area contributed by atoms with E-state index in [0.29, 0.717) is 12.2 Å². The van der Waals surface area contributed by atoms with E-state index in [-0.39, 0.29) is 24.5 Å². The van der Waals surface area contributed by atoms with Crippen molar-refractivity contribution >= 4 is 11.7 Å². The second-order valence-electron chi connectivity index (χ2n) is 7.04. The molecule has 1 aromatic rings. The quantitative estimate of drug-likeness (QED) is 0.500. The molecule has 1 fully saturated rings. The van der Waals surface area contributed by atoms with Gasteiger partial charge in [0.05, 0.1) is 6.61 Å². The van der Waals surface area contributed by atoms with Gasteiger partial charge in [0, 0.05) is 38.0 Å². The SMILES string of the molecule is CCCCCOc1ccc(C(=O)CCC(=O)N2CCCN(C)CC2)cc1. The smallest absolute Gasteiger partial charge is 0.223 e. The van der Waals surface area contributed by atoms with Gasteiger partial charge in [0.2, 0.25) is 5.91 Å². The van der Waals surface area contributed by atoms with Gasteiger partial charge in [-0.3, -0.25) is 9.59 Å². The lowest BCUT2D eigenvalue weighted by molar-refractivity contribution is -0.131. The topological polar surface area (TPSA) is 49.9 Å². The highest BCUT2D eigenvalue weighted by molar-refractivity contribution is 5.98. The first kappa shape index (κ1) is 20.4. The Kier molecular flexibility index (Phi) is 8.62. The summed E-state index contributed by atoms with van der Waals surface area (Å²) in [7, 11) is 2.08. The summed E-state index contributed by atoms with van der Waals surface area (Å²) in [5.74, 6) is 0.898. The second-order valence-corrected chi connectivity index (χ2v) is 7.04. The first-order valence-electron chi connectivity index (χ1n) is 9.82. The molecule has 0 saturated carbocycles. The summed E-state index contributed by atoms with van der Waals surface area (Å²) < 4.78 is 5.66. The highest BCUT2D eigenvalue weighted by Crippen LogP contribution is 2.15. The minimum atomic E-state index is 0.0165. The van der Waals surface area contributed by atoms with Crippen LogP contribution < -0.4 is 4.74 Å². The number of ether oxygens (including phenoxy) is 1. The van der Waals surface area contributed by atoms with Gasteiger partial charge in [0.1, 0.15) is 5.75 Å². The molecule has 5 heteroatoms. The molecule has 144 valence electrons. The number of hydrogen-bond acceptors (Lipinski definition) is 4. The maximum atomic E-state index is 12.4. The molecule has 1 aliphatic heterocycles. The molecule has 1 heterocycles. The van der Waals surface area contributed by atoms with Crippen molar-refractivity contribution in [2.45, 2.75) is 45.4 Å². The third kappa shape index (κ3) is 6.79. The van der Waals surface area contributed by atoms with E-state index >= 15 is 0 Å². The Morgan fingerprint density at radius 3 is 2.50 bits per heavy atom. The number of unbranched alkanes of at least 4 members (excludes halogenated alkanes) is 2. The minimum Gasteiger partial charge on any atom is -0.494 e. The lowest BCUT2D eigenvalue weighted by Gasteiger charge is -2.20. The van der Waals surface area contributed by atoms with Crippen LogP contribution in [0.15, 0.2) is 24.3 Å². The highest BCUT2D eigenvalue weighted by Gasteiger charge is 2.18. The molecule has 0 bridgehead atoms. The van der Waals surface area contributed by atoms with Crippen molar-refractivity contribution in [2.75, 3.05) is 39.8 Å². The monoisotopic (exact) mass is 360 g/mol. The first-order chi connectivity index (χ1) is 12.6. The Hall–Kier alpha value is -1.88. The van der Waals surface area contributed by atoms with Gasteiger partial charge in [-0.25, -0.2) is 0 Å². The predicted octanol–water partition coefficient (Wildman–Crippen LogP) is 3.38. The van der Waals surface area contributed by atoms with Gasteiger partial charge in [-0.05, 0) is 50.7 Å². The molecule has 0 unspecified atom stereocenters. The van der Waals surface area contributed by atoms with Crippen LogP contribution in [0.4, 0.5) is 0 Å². The van der Waals surface area contributed by atoms with E-state index in [2.05, 4.69) is 18.9 Å². The lowest BCUT2D eigenvalue weighted by Crippen LogP contribution is -2.34. The number of benzene rings is 1. The molecule has 2 rings (SSSR count). The van der Waals surface area contributed by atoms with Crippen molar-refractivity contribution < 1.29 is 14.3 Å². The summed E-state index contributed by atoms with van der Waals surface area (Å²) in [6.07, 6.45) is 4.93. The van der Waals surface area contributed by atoms with Crippen LogP contribution in [0, 0.1) is 0 Å². The molecule has 0 radical (unpaired) electrons. The summed E-state index contributed by atoms with van der Waals surface area (Å²) in [4.78, 5) is 28.8. The number of nitrogens with zero attached hydrogens (tertiary/aromatic N) is 2. The summed E-state index contributed by atoms with van der Waals surface area (Å²) in [5.41, 5.74) is 0.648. The fraction of sp³-hybridized carbons (Fsp3) is 0.619. The molecule has 1 aliphatic rings. The number of ketones is 1. The van der Waals surface area contributed by atoms with Crippen LogP contribution in [0.1, 0.15) is 55.8 Å². The maximum Gasteiger partial charge on any atom is 0.223 e. The number of carbonyl (C=O) groups is 2. The summed E-state index contributed by atoms with van der Waals surface area (Å²) in [6.45, 7) is 6.35. The van der Waals surface area contributed by atoms with Gasteiger partial charge in [-0.15, -0.1) is 0 Å². The van der Waals surface area contributed by atoms with Crippen molar-refractivity contribution in [3.63, 3.8) is 0 Å². The number of amides is 1. The van der Waals surface area contributed by atoms with E-state index in [0.717, 1.165) is 51.2 Å². The van der Waals surface area contributed by atoms with E-state index < -0.39 is 0 Å². The average Bonchev–Trinajstić information content (AvgIpc) is 2.88. The number of hydrogen-bond donors (Lipinski definition) is 0. The molecule has 0 aromatic heterocycles. The van der Waals surface area contributed by atoms with Gasteiger partial charge >= 0.3 is 0 Å². The van der Waals surface area contributed by atoms with Crippen LogP contribution in [0.2, 0.25) is 0 Å². The maximum absolute atomic E-state index is 12.4. The molecule has 0 atom stereocenters. The van der Waals surface area contributed by atoms with E-state index in [1.54, 1.807) is 12.1 Å².